The Bertz CT molecular complexity index is 611. The van der Waals surface area contributed by atoms with Gasteiger partial charge in [-0.25, -0.2) is 0 Å². The predicted molar refractivity (Wildman–Crippen MR) is 166 cm³/mol. The molecular weight excluding hydrogens is 518 g/mol. The Morgan fingerprint density at radius 2 is 0.780 bits per heavy atom. The van der Waals surface area contributed by atoms with Crippen molar-refractivity contribution in [1.29, 1.82) is 0 Å². The molecule has 41 heavy (non-hydrogen) atoms. The van der Waals surface area contributed by atoms with Crippen LogP contribution in [0.4, 0.5) is 0 Å². The number of carbonyl (C=O) groups is 3. The summed E-state index contributed by atoms with van der Waals surface area (Å²) in [4.78, 5) is 32.9. The summed E-state index contributed by atoms with van der Waals surface area (Å²) in [5.74, 6) is -2.57. The fourth-order valence-electron chi connectivity index (χ4n) is 5.87. The van der Waals surface area contributed by atoms with Crippen molar-refractivity contribution in [3.05, 3.63) is 12.7 Å². The van der Waals surface area contributed by atoms with Crippen LogP contribution in [0.15, 0.2) is 12.7 Å². The first-order valence-corrected chi connectivity index (χ1v) is 16.9. The fraction of sp³-hybridized carbons (Fsp3) is 0.853. The van der Waals surface area contributed by atoms with Gasteiger partial charge in [0.15, 0.2) is 0 Å². The third-order valence-electron chi connectivity index (χ3n) is 8.35. The zero-order valence-electron chi connectivity index (χ0n) is 26.3. The maximum Gasteiger partial charge on any atom is 0.303 e. The maximum atomic E-state index is 11.0. The van der Waals surface area contributed by atoms with Gasteiger partial charge in [-0.3, -0.25) is 9.59 Å². The number of aliphatic carboxylic acids is 3. The molecule has 0 aliphatic carbocycles. The van der Waals surface area contributed by atoms with Crippen molar-refractivity contribution >= 4 is 17.9 Å². The highest BCUT2D eigenvalue weighted by Gasteiger charge is 2.26. The van der Waals surface area contributed by atoms with Crippen molar-refractivity contribution in [2.75, 3.05) is 26.2 Å². The molecule has 0 saturated carbocycles. The third kappa shape index (κ3) is 28.0. The number of carboxylic acids is 3. The summed E-state index contributed by atoms with van der Waals surface area (Å²) in [6, 6.07) is 0. The van der Waals surface area contributed by atoms with Gasteiger partial charge in [0.1, 0.15) is 0 Å². The molecule has 7 heteroatoms. The summed E-state index contributed by atoms with van der Waals surface area (Å²) in [5, 5.41) is 29.0. The van der Waals surface area contributed by atoms with E-state index >= 15 is 0 Å². The largest absolute Gasteiger partial charge is 0.550 e. The van der Waals surface area contributed by atoms with Crippen LogP contribution in [0, 0.1) is 0 Å². The van der Waals surface area contributed by atoms with E-state index in [9.17, 15) is 19.5 Å². The van der Waals surface area contributed by atoms with E-state index in [-0.39, 0.29) is 19.3 Å². The third-order valence-corrected chi connectivity index (χ3v) is 8.35. The van der Waals surface area contributed by atoms with Crippen LogP contribution in [-0.2, 0) is 14.4 Å². The van der Waals surface area contributed by atoms with E-state index < -0.39 is 17.9 Å². The van der Waals surface area contributed by atoms with Crippen molar-refractivity contribution in [1.82, 2.24) is 0 Å². The molecule has 0 unspecified atom stereocenters. The van der Waals surface area contributed by atoms with Crippen molar-refractivity contribution in [3.63, 3.8) is 0 Å². The molecule has 7 nitrogen and oxygen atoms in total. The summed E-state index contributed by atoms with van der Waals surface area (Å²) >= 11 is 0. The van der Waals surface area contributed by atoms with Crippen LogP contribution >= 0.6 is 0 Å². The van der Waals surface area contributed by atoms with Gasteiger partial charge in [-0.2, -0.15) is 0 Å². The molecule has 2 N–H and O–H groups in total. The van der Waals surface area contributed by atoms with Gasteiger partial charge in [0.2, 0.25) is 0 Å². The number of carboxylic acid groups (broad SMARTS) is 3. The highest BCUT2D eigenvalue weighted by atomic mass is 16.4. The smallest absolute Gasteiger partial charge is 0.303 e. The summed E-state index contributed by atoms with van der Waals surface area (Å²) in [6.45, 7) is 7.39. The molecule has 0 heterocycles. The van der Waals surface area contributed by atoms with Crippen LogP contribution in [-0.4, -0.2) is 58.8 Å². The second-order valence-corrected chi connectivity index (χ2v) is 12.1. The molecule has 0 aliphatic heterocycles. The first kappa shape index (κ1) is 39.1. The van der Waals surface area contributed by atoms with Crippen LogP contribution in [0.3, 0.4) is 0 Å². The van der Waals surface area contributed by atoms with Gasteiger partial charge in [0, 0.05) is 18.8 Å². The number of allylic oxidation sites excluding steroid dienone is 1. The monoisotopic (exact) mass is 581 g/mol. The minimum Gasteiger partial charge on any atom is -0.550 e. The number of nitrogens with zero attached hydrogens (tertiary/aromatic N) is 1. The lowest BCUT2D eigenvalue weighted by Crippen LogP contribution is -2.51. The Hall–Kier alpha value is -1.89. The molecule has 0 fully saturated rings. The fourth-order valence-corrected chi connectivity index (χ4v) is 5.87. The van der Waals surface area contributed by atoms with Gasteiger partial charge < -0.3 is 24.6 Å². The molecule has 0 bridgehead atoms. The quantitative estimate of drug-likeness (QED) is 0.0467. The summed E-state index contributed by atoms with van der Waals surface area (Å²) in [5.41, 5.74) is 0. The standard InChI is InChI=1S/C34H63NO6/c1-2-3-4-5-6-7-8-9-10-11-12-13-14-15-16-17-21-28-35(29-22-18-25-32(36)37,30-23-19-26-33(38)39)31-24-20-27-34(40)41/h2H,1,3-31H2,(H2-,36,37,38,39,40,41). The van der Waals surface area contributed by atoms with Crippen molar-refractivity contribution in [3.8, 4) is 0 Å². The van der Waals surface area contributed by atoms with E-state index in [1.54, 1.807) is 0 Å². The molecule has 0 saturated heterocycles. The molecule has 0 aromatic rings. The van der Waals surface area contributed by atoms with Gasteiger partial charge >= 0.3 is 11.9 Å². The van der Waals surface area contributed by atoms with Crippen molar-refractivity contribution in [2.24, 2.45) is 0 Å². The van der Waals surface area contributed by atoms with Gasteiger partial charge in [-0.05, 0) is 70.6 Å². The van der Waals surface area contributed by atoms with E-state index in [1.165, 1.54) is 89.9 Å². The first-order chi connectivity index (χ1) is 19.8. The second-order valence-electron chi connectivity index (χ2n) is 12.1. The van der Waals surface area contributed by atoms with Gasteiger partial charge in [-0.1, -0.05) is 83.1 Å². The highest BCUT2D eigenvalue weighted by molar-refractivity contribution is 5.66. The van der Waals surface area contributed by atoms with Crippen molar-refractivity contribution in [2.45, 2.75) is 161 Å². The summed E-state index contributed by atoms with van der Waals surface area (Å²) in [7, 11) is 0. The maximum absolute atomic E-state index is 11.0. The molecule has 0 atom stereocenters. The van der Waals surface area contributed by atoms with Gasteiger partial charge in [0.25, 0.3) is 0 Å². The number of rotatable bonds is 33. The summed E-state index contributed by atoms with van der Waals surface area (Å²) < 4.78 is 0.848. The van der Waals surface area contributed by atoms with E-state index in [0.29, 0.717) is 19.3 Å². The number of hydrogen-bond donors (Lipinski definition) is 2. The second kappa shape index (κ2) is 28.2. The van der Waals surface area contributed by atoms with E-state index in [1.807, 2.05) is 6.08 Å². The minimum absolute atomic E-state index is 0.0639. The number of carbonyl (C=O) groups excluding carboxylic acids is 1. The van der Waals surface area contributed by atoms with E-state index in [4.69, 9.17) is 10.2 Å². The molecule has 0 rings (SSSR count). The normalized spacial score (nSPS) is 11.5. The van der Waals surface area contributed by atoms with Crippen LogP contribution in [0.5, 0.6) is 0 Å². The minimum atomic E-state index is -1.02. The molecule has 240 valence electrons. The zero-order valence-corrected chi connectivity index (χ0v) is 26.3. The Morgan fingerprint density at radius 3 is 1.10 bits per heavy atom. The summed E-state index contributed by atoms with van der Waals surface area (Å²) in [6.07, 6.45) is 27.5. The Morgan fingerprint density at radius 1 is 0.488 bits per heavy atom. The van der Waals surface area contributed by atoms with Crippen LogP contribution in [0.25, 0.3) is 0 Å². The number of unbranched alkanes of at least 4 members (excludes halogenated alkanes) is 18. The van der Waals surface area contributed by atoms with Crippen LogP contribution < -0.4 is 5.11 Å². The lowest BCUT2D eigenvalue weighted by Gasteiger charge is -2.39. The molecule has 0 aliphatic rings. The highest BCUT2D eigenvalue weighted by Crippen LogP contribution is 2.20. The molecule has 0 amide bonds. The molecule has 0 aromatic carbocycles. The van der Waals surface area contributed by atoms with Crippen LogP contribution in [0.1, 0.15) is 161 Å². The lowest BCUT2D eigenvalue weighted by atomic mass is 10.0. The zero-order chi connectivity index (χ0) is 30.4. The Kier molecular flexibility index (Phi) is 26.9. The van der Waals surface area contributed by atoms with Crippen molar-refractivity contribution < 1.29 is 34.2 Å². The average molecular weight is 582 g/mol. The van der Waals surface area contributed by atoms with E-state index in [2.05, 4.69) is 6.58 Å². The molecule has 0 radical (unpaired) electrons. The number of hydrogen-bond acceptors (Lipinski definition) is 4. The lowest BCUT2D eigenvalue weighted by molar-refractivity contribution is -0.929. The topological polar surface area (TPSA) is 115 Å². The number of quaternary nitrogens is 1. The predicted octanol–water partition coefficient (Wildman–Crippen LogP) is 7.66. The Labute approximate surface area is 251 Å². The van der Waals surface area contributed by atoms with Gasteiger partial charge in [-0.15, -0.1) is 6.58 Å². The Balaban J connectivity index is 4.34. The van der Waals surface area contributed by atoms with E-state index in [0.717, 1.165) is 62.8 Å². The van der Waals surface area contributed by atoms with Crippen LogP contribution in [0.2, 0.25) is 0 Å². The molecule has 0 aromatic heterocycles. The SMILES string of the molecule is C=CCCCCCCCCCCCCCCCCC[N+](CCCCC(=O)[O-])(CCCCC(=O)O)CCCCC(=O)O. The average Bonchev–Trinajstić information content (AvgIpc) is 2.93. The van der Waals surface area contributed by atoms with Gasteiger partial charge in [0.05, 0.1) is 26.2 Å². The molecule has 0 spiro atoms. The first-order valence-electron chi connectivity index (χ1n) is 16.9. The molecular formula is C34H63NO6.